The van der Waals surface area contributed by atoms with Crippen molar-refractivity contribution in [2.45, 2.75) is 104 Å². The number of aryl methyl sites for hydroxylation is 2. The van der Waals surface area contributed by atoms with E-state index in [1.165, 1.54) is 105 Å². The molecule has 0 spiro atoms. The first-order valence-corrected chi connectivity index (χ1v) is 13.8. The minimum absolute atomic E-state index is 0.858. The number of unbranched alkanes of at least 4 members (excludes halogenated alkanes) is 10. The molecule has 0 aliphatic carbocycles. The summed E-state index contributed by atoms with van der Waals surface area (Å²) in [5.41, 5.74) is 3.48. The Bertz CT molecular complexity index is 877. The SMILES string of the molecule is CCCCCCCCCc1ccc(-c2cc(-c3ccc(CCCCCCC)s3)no2)cc1. The number of hydrogen-bond acceptors (Lipinski definition) is 3. The van der Waals surface area contributed by atoms with E-state index in [1.54, 1.807) is 0 Å². The molecule has 0 aliphatic heterocycles. The van der Waals surface area contributed by atoms with Gasteiger partial charge in [-0.15, -0.1) is 11.3 Å². The highest BCUT2D eigenvalue weighted by molar-refractivity contribution is 7.15. The van der Waals surface area contributed by atoms with Crippen molar-refractivity contribution >= 4 is 11.3 Å². The highest BCUT2D eigenvalue weighted by Gasteiger charge is 2.11. The topological polar surface area (TPSA) is 26.0 Å². The van der Waals surface area contributed by atoms with E-state index in [9.17, 15) is 0 Å². The standard InChI is InChI=1S/C29H41NOS/c1-3-5-7-9-10-12-13-15-24-17-19-25(20-18-24)28-23-27(30-31-28)29-22-21-26(32-29)16-14-11-8-6-4-2/h17-23H,3-16H2,1-2H3. The molecule has 2 aromatic heterocycles. The Morgan fingerprint density at radius 3 is 2.00 bits per heavy atom. The van der Waals surface area contributed by atoms with Crippen molar-refractivity contribution in [3.8, 4) is 21.9 Å². The zero-order chi connectivity index (χ0) is 22.4. The minimum atomic E-state index is 0.858. The predicted octanol–water partition coefficient (Wildman–Crippen LogP) is 9.88. The molecule has 3 aromatic rings. The highest BCUT2D eigenvalue weighted by atomic mass is 32.1. The van der Waals surface area contributed by atoms with Gasteiger partial charge >= 0.3 is 0 Å². The first-order chi connectivity index (χ1) is 15.8. The number of benzene rings is 1. The van der Waals surface area contributed by atoms with Crippen molar-refractivity contribution in [3.05, 3.63) is 52.9 Å². The Labute approximate surface area is 199 Å². The van der Waals surface area contributed by atoms with E-state index in [4.69, 9.17) is 4.52 Å². The smallest absolute Gasteiger partial charge is 0.167 e. The third kappa shape index (κ3) is 8.24. The van der Waals surface area contributed by atoms with Crippen LogP contribution in [0.2, 0.25) is 0 Å². The predicted molar refractivity (Wildman–Crippen MR) is 139 cm³/mol. The lowest BCUT2D eigenvalue weighted by molar-refractivity contribution is 0.435. The molecule has 2 nitrogen and oxygen atoms in total. The van der Waals surface area contributed by atoms with Gasteiger partial charge in [0, 0.05) is 16.5 Å². The first-order valence-electron chi connectivity index (χ1n) is 12.9. The number of nitrogens with zero attached hydrogens (tertiary/aromatic N) is 1. The van der Waals surface area contributed by atoms with E-state index < -0.39 is 0 Å². The first kappa shape index (κ1) is 24.8. The van der Waals surface area contributed by atoms with E-state index >= 15 is 0 Å². The molecule has 2 heterocycles. The Kier molecular flexibility index (Phi) is 11.1. The molecule has 0 amide bonds. The zero-order valence-corrected chi connectivity index (χ0v) is 21.0. The van der Waals surface area contributed by atoms with E-state index in [2.05, 4.69) is 61.5 Å². The van der Waals surface area contributed by atoms with Crippen molar-refractivity contribution < 1.29 is 4.52 Å². The largest absolute Gasteiger partial charge is 0.356 e. The molecule has 1 aromatic carbocycles. The van der Waals surface area contributed by atoms with Crippen molar-refractivity contribution in [1.82, 2.24) is 5.16 Å². The molecule has 3 rings (SSSR count). The van der Waals surface area contributed by atoms with Gasteiger partial charge in [0.2, 0.25) is 0 Å². The van der Waals surface area contributed by atoms with Crippen LogP contribution in [0.5, 0.6) is 0 Å². The summed E-state index contributed by atoms with van der Waals surface area (Å²) in [4.78, 5) is 2.66. The van der Waals surface area contributed by atoms with Crippen molar-refractivity contribution in [1.29, 1.82) is 0 Å². The maximum absolute atomic E-state index is 5.68. The van der Waals surface area contributed by atoms with Gasteiger partial charge in [-0.1, -0.05) is 107 Å². The third-order valence-electron chi connectivity index (χ3n) is 6.26. The summed E-state index contributed by atoms with van der Waals surface area (Å²) in [7, 11) is 0. The van der Waals surface area contributed by atoms with Gasteiger partial charge in [0.05, 0.1) is 4.88 Å². The molecule has 3 heteroatoms. The second kappa shape index (κ2) is 14.3. The molecule has 0 aliphatic rings. The molecule has 0 N–H and O–H groups in total. The summed E-state index contributed by atoms with van der Waals surface area (Å²) in [5, 5.41) is 4.35. The summed E-state index contributed by atoms with van der Waals surface area (Å²) in [6.07, 6.45) is 18.5. The Hall–Kier alpha value is -1.87. The normalized spacial score (nSPS) is 11.3. The zero-order valence-electron chi connectivity index (χ0n) is 20.2. The summed E-state index contributed by atoms with van der Waals surface area (Å²) in [6, 6.07) is 15.4. The van der Waals surface area contributed by atoms with Gasteiger partial charge in [-0.2, -0.15) is 0 Å². The third-order valence-corrected chi connectivity index (χ3v) is 7.43. The number of aromatic nitrogens is 1. The number of rotatable bonds is 16. The van der Waals surface area contributed by atoms with Gasteiger partial charge in [-0.05, 0) is 43.4 Å². The second-order valence-electron chi connectivity index (χ2n) is 9.07. The van der Waals surface area contributed by atoms with Crippen LogP contribution in [0, 0.1) is 0 Å². The lowest BCUT2D eigenvalue weighted by Crippen LogP contribution is -1.86. The van der Waals surface area contributed by atoms with Gasteiger partial charge in [0.1, 0.15) is 5.69 Å². The fraction of sp³-hybridized carbons (Fsp3) is 0.552. The monoisotopic (exact) mass is 451 g/mol. The summed E-state index contributed by atoms with van der Waals surface area (Å²) in [6.45, 7) is 4.54. The van der Waals surface area contributed by atoms with Crippen LogP contribution in [0.4, 0.5) is 0 Å². The average molecular weight is 452 g/mol. The molecule has 0 unspecified atom stereocenters. The van der Waals surface area contributed by atoms with Crippen LogP contribution in [0.3, 0.4) is 0 Å². The fourth-order valence-electron chi connectivity index (χ4n) is 4.20. The van der Waals surface area contributed by atoms with Gasteiger partial charge in [0.25, 0.3) is 0 Å². The van der Waals surface area contributed by atoms with Gasteiger partial charge in [-0.3, -0.25) is 0 Å². The van der Waals surface area contributed by atoms with Crippen molar-refractivity contribution in [2.75, 3.05) is 0 Å². The van der Waals surface area contributed by atoms with Crippen LogP contribution < -0.4 is 0 Å². The molecule has 0 radical (unpaired) electrons. The van der Waals surface area contributed by atoms with E-state index in [-0.39, 0.29) is 0 Å². The van der Waals surface area contributed by atoms with Gasteiger partial charge in [0.15, 0.2) is 5.76 Å². The molecule has 0 atom stereocenters. The molecular weight excluding hydrogens is 410 g/mol. The molecular formula is C29H41NOS. The van der Waals surface area contributed by atoms with Gasteiger partial charge < -0.3 is 4.52 Å². The summed E-state index contributed by atoms with van der Waals surface area (Å²) >= 11 is 1.86. The van der Waals surface area contributed by atoms with E-state index in [1.807, 2.05) is 11.3 Å². The van der Waals surface area contributed by atoms with E-state index in [0.717, 1.165) is 17.0 Å². The Balaban J connectivity index is 1.45. The minimum Gasteiger partial charge on any atom is -0.356 e. The molecule has 174 valence electrons. The molecule has 0 fully saturated rings. The lowest BCUT2D eigenvalue weighted by atomic mass is 10.0. The van der Waals surface area contributed by atoms with Crippen LogP contribution in [0.1, 0.15) is 101 Å². The highest BCUT2D eigenvalue weighted by Crippen LogP contribution is 2.31. The second-order valence-corrected chi connectivity index (χ2v) is 10.2. The quantitative estimate of drug-likeness (QED) is 0.202. The Morgan fingerprint density at radius 2 is 1.31 bits per heavy atom. The average Bonchev–Trinajstić information content (AvgIpc) is 3.49. The fourth-order valence-corrected chi connectivity index (χ4v) is 5.20. The maximum atomic E-state index is 5.68. The molecule has 0 saturated carbocycles. The molecule has 0 saturated heterocycles. The summed E-state index contributed by atoms with van der Waals surface area (Å²) < 4.78 is 5.68. The maximum Gasteiger partial charge on any atom is 0.167 e. The van der Waals surface area contributed by atoms with E-state index in [0.29, 0.717) is 0 Å². The Morgan fingerprint density at radius 1 is 0.688 bits per heavy atom. The van der Waals surface area contributed by atoms with Crippen molar-refractivity contribution in [2.24, 2.45) is 0 Å². The number of hydrogen-bond donors (Lipinski definition) is 0. The molecule has 32 heavy (non-hydrogen) atoms. The van der Waals surface area contributed by atoms with Crippen LogP contribution >= 0.6 is 11.3 Å². The molecule has 0 bridgehead atoms. The van der Waals surface area contributed by atoms with Crippen LogP contribution in [0.25, 0.3) is 21.9 Å². The van der Waals surface area contributed by atoms with Gasteiger partial charge in [-0.25, -0.2) is 0 Å². The van der Waals surface area contributed by atoms with Crippen LogP contribution in [-0.2, 0) is 12.8 Å². The number of thiophene rings is 1. The summed E-state index contributed by atoms with van der Waals surface area (Å²) in [5.74, 6) is 0.858. The lowest BCUT2D eigenvalue weighted by Gasteiger charge is -2.03. The van der Waals surface area contributed by atoms with Crippen molar-refractivity contribution in [3.63, 3.8) is 0 Å². The van der Waals surface area contributed by atoms with Crippen LogP contribution in [0.15, 0.2) is 47.0 Å². The van der Waals surface area contributed by atoms with Crippen LogP contribution in [-0.4, -0.2) is 5.16 Å².